The van der Waals surface area contributed by atoms with Crippen molar-refractivity contribution in [1.82, 2.24) is 19.8 Å². The number of fused-ring (bicyclic) bond motifs is 1. The summed E-state index contributed by atoms with van der Waals surface area (Å²) < 4.78 is 6.44. The van der Waals surface area contributed by atoms with Crippen molar-refractivity contribution in [3.05, 3.63) is 59.6 Å². The van der Waals surface area contributed by atoms with Crippen LogP contribution in [-0.2, 0) is 6.54 Å². The summed E-state index contributed by atoms with van der Waals surface area (Å²) in [6.07, 6.45) is 12.0. The molecule has 2 aromatic rings. The molecule has 182 valence electrons. The van der Waals surface area contributed by atoms with Crippen molar-refractivity contribution in [2.24, 2.45) is 5.92 Å². The molecule has 1 aliphatic heterocycles. The Morgan fingerprint density at radius 2 is 2.09 bits per heavy atom. The number of rotatable bonds is 7. The number of hydrogen-bond donors (Lipinski definition) is 1. The zero-order valence-corrected chi connectivity index (χ0v) is 20.5. The molecule has 4 rings (SSSR count). The van der Waals surface area contributed by atoms with Crippen LogP contribution in [0.3, 0.4) is 0 Å². The number of allylic oxidation sites excluding steroid dienone is 2. The molecule has 7 heteroatoms. The fourth-order valence-electron chi connectivity index (χ4n) is 4.77. The molecule has 0 fully saturated rings. The fourth-order valence-corrected chi connectivity index (χ4v) is 4.77. The molecule has 2 aromatic heterocycles. The van der Waals surface area contributed by atoms with E-state index in [4.69, 9.17) is 4.74 Å². The zero-order valence-electron chi connectivity index (χ0n) is 20.5. The number of hydrogen-bond acceptors (Lipinski definition) is 6. The van der Waals surface area contributed by atoms with Gasteiger partial charge in [0.25, 0.3) is 5.91 Å². The topological polar surface area (TPSA) is 78.8 Å². The van der Waals surface area contributed by atoms with Gasteiger partial charge in [-0.15, -0.1) is 0 Å². The maximum Gasteiger partial charge on any atom is 0.259 e. The number of carbonyl (C=O) groups is 1. The Morgan fingerprint density at radius 1 is 1.29 bits per heavy atom. The molecule has 3 atom stereocenters. The van der Waals surface area contributed by atoms with Gasteiger partial charge in [0.05, 0.1) is 12.6 Å². The average molecular weight is 465 g/mol. The summed E-state index contributed by atoms with van der Waals surface area (Å²) >= 11 is 0. The second kappa shape index (κ2) is 11.1. The van der Waals surface area contributed by atoms with E-state index in [0.29, 0.717) is 24.5 Å². The van der Waals surface area contributed by atoms with Gasteiger partial charge in [0.15, 0.2) is 0 Å². The zero-order chi connectivity index (χ0) is 24.1. The summed E-state index contributed by atoms with van der Waals surface area (Å²) in [5.74, 6) is 0.320. The summed E-state index contributed by atoms with van der Waals surface area (Å²) in [6.45, 7) is 5.88. The quantitative estimate of drug-likeness (QED) is 0.672. The Labute approximate surface area is 202 Å². The highest BCUT2D eigenvalue weighted by molar-refractivity contribution is 5.97. The van der Waals surface area contributed by atoms with Gasteiger partial charge < -0.3 is 14.7 Å². The highest BCUT2D eigenvalue weighted by Crippen LogP contribution is 2.32. The molecule has 0 aromatic carbocycles. The number of aromatic nitrogens is 2. The largest absolute Gasteiger partial charge is 0.472 e. The maximum absolute atomic E-state index is 13.6. The molecule has 2 aliphatic rings. The molecule has 0 radical (unpaired) electrons. The van der Waals surface area contributed by atoms with Crippen LogP contribution in [0, 0.1) is 5.92 Å². The molecule has 1 amide bonds. The van der Waals surface area contributed by atoms with Gasteiger partial charge in [0.2, 0.25) is 5.88 Å². The first-order chi connectivity index (χ1) is 16.5. The number of pyridine rings is 2. The van der Waals surface area contributed by atoms with Crippen molar-refractivity contribution in [2.75, 3.05) is 26.7 Å². The summed E-state index contributed by atoms with van der Waals surface area (Å²) in [5, 5.41) is 9.87. The van der Waals surface area contributed by atoms with Crippen molar-refractivity contribution >= 4 is 11.5 Å². The summed E-state index contributed by atoms with van der Waals surface area (Å²) in [6, 6.07) is 5.68. The van der Waals surface area contributed by atoms with Crippen molar-refractivity contribution < 1.29 is 14.6 Å². The lowest BCUT2D eigenvalue weighted by molar-refractivity contribution is 0.0325. The van der Waals surface area contributed by atoms with Crippen LogP contribution in [0.15, 0.2) is 42.9 Å². The van der Waals surface area contributed by atoms with Crippen LogP contribution in [0.4, 0.5) is 0 Å². The summed E-state index contributed by atoms with van der Waals surface area (Å²) in [7, 11) is 2.07. The van der Waals surface area contributed by atoms with Crippen LogP contribution in [0.2, 0.25) is 0 Å². The van der Waals surface area contributed by atoms with Crippen LogP contribution in [0.25, 0.3) is 5.57 Å². The molecule has 7 nitrogen and oxygen atoms in total. The first-order valence-electron chi connectivity index (χ1n) is 12.3. The monoisotopic (exact) mass is 464 g/mol. The third kappa shape index (κ3) is 5.65. The van der Waals surface area contributed by atoms with E-state index in [9.17, 15) is 9.90 Å². The molecule has 0 unspecified atom stereocenters. The Morgan fingerprint density at radius 3 is 2.79 bits per heavy atom. The number of aliphatic hydroxyl groups is 1. The summed E-state index contributed by atoms with van der Waals surface area (Å²) in [5.41, 5.74) is 3.91. The number of aliphatic hydroxyl groups excluding tert-OH is 1. The number of likely N-dealkylation sites (N-methyl/N-ethyl adjacent to an activating group) is 1. The molecular formula is C27H36N4O3. The second-order valence-electron chi connectivity index (χ2n) is 9.73. The van der Waals surface area contributed by atoms with Gasteiger partial charge in [-0.05, 0) is 74.6 Å². The lowest BCUT2D eigenvalue weighted by Crippen LogP contribution is -2.49. The highest BCUT2D eigenvalue weighted by atomic mass is 16.5. The molecule has 0 saturated heterocycles. The number of amides is 1. The second-order valence-corrected chi connectivity index (χ2v) is 9.73. The maximum atomic E-state index is 13.6. The number of ether oxygens (including phenoxy) is 1. The Bertz CT molecular complexity index is 1010. The molecule has 0 spiro atoms. The minimum absolute atomic E-state index is 0.0634. The average Bonchev–Trinajstić information content (AvgIpc) is 2.86. The Hall–Kier alpha value is -2.77. The normalized spacial score (nSPS) is 21.9. The third-order valence-electron chi connectivity index (χ3n) is 6.88. The molecule has 34 heavy (non-hydrogen) atoms. The molecule has 1 N–H and O–H groups in total. The van der Waals surface area contributed by atoms with Crippen molar-refractivity contribution in [1.29, 1.82) is 0 Å². The molecule has 1 aliphatic carbocycles. The molecule has 0 bridgehead atoms. The molecule has 0 saturated carbocycles. The predicted octanol–water partition coefficient (Wildman–Crippen LogP) is 3.79. The lowest BCUT2D eigenvalue weighted by Gasteiger charge is -2.37. The van der Waals surface area contributed by atoms with Gasteiger partial charge in [-0.1, -0.05) is 13.0 Å². The highest BCUT2D eigenvalue weighted by Gasteiger charge is 2.34. The lowest BCUT2D eigenvalue weighted by atomic mass is 9.93. The first-order valence-corrected chi connectivity index (χ1v) is 12.3. The predicted molar refractivity (Wildman–Crippen MR) is 132 cm³/mol. The van der Waals surface area contributed by atoms with Crippen molar-refractivity contribution in [2.45, 2.75) is 58.2 Å². The van der Waals surface area contributed by atoms with Crippen LogP contribution in [0.5, 0.6) is 5.88 Å². The van der Waals surface area contributed by atoms with Gasteiger partial charge in [-0.25, -0.2) is 4.98 Å². The van der Waals surface area contributed by atoms with E-state index in [1.807, 2.05) is 31.3 Å². The SMILES string of the molecule is C[C@@H]1CN([C@@H](C)CO)C(=O)c2cc(C3=CCCCC3)cnc2O[C@@H]1CN(C)Cc1ccncc1. The fraction of sp³-hybridized carbons (Fsp3) is 0.519. The Balaban J connectivity index is 1.63. The van der Waals surface area contributed by atoms with E-state index < -0.39 is 0 Å². The van der Waals surface area contributed by atoms with E-state index >= 15 is 0 Å². The van der Waals surface area contributed by atoms with Crippen molar-refractivity contribution in [3.8, 4) is 5.88 Å². The van der Waals surface area contributed by atoms with Crippen LogP contribution < -0.4 is 4.74 Å². The minimum Gasteiger partial charge on any atom is -0.472 e. The van der Waals surface area contributed by atoms with E-state index in [2.05, 4.69) is 34.9 Å². The number of nitrogens with zero attached hydrogens (tertiary/aromatic N) is 4. The van der Waals surface area contributed by atoms with Gasteiger partial charge in [0, 0.05) is 44.1 Å². The third-order valence-corrected chi connectivity index (χ3v) is 6.88. The minimum atomic E-state index is -0.284. The number of carbonyl (C=O) groups excluding carboxylic acids is 1. The van der Waals surface area contributed by atoms with E-state index in [1.54, 1.807) is 17.3 Å². The smallest absolute Gasteiger partial charge is 0.259 e. The van der Waals surface area contributed by atoms with Crippen LogP contribution in [-0.4, -0.2) is 69.7 Å². The first kappa shape index (κ1) is 24.4. The van der Waals surface area contributed by atoms with E-state index in [-0.39, 0.29) is 30.6 Å². The van der Waals surface area contributed by atoms with Crippen LogP contribution in [0.1, 0.15) is 61.0 Å². The van der Waals surface area contributed by atoms with Crippen molar-refractivity contribution in [3.63, 3.8) is 0 Å². The van der Waals surface area contributed by atoms with Gasteiger partial charge in [-0.2, -0.15) is 0 Å². The Kier molecular flexibility index (Phi) is 7.95. The van der Waals surface area contributed by atoms with Gasteiger partial charge in [0.1, 0.15) is 11.7 Å². The van der Waals surface area contributed by atoms with Crippen LogP contribution >= 0.6 is 0 Å². The molecular weight excluding hydrogens is 428 g/mol. The molecule has 3 heterocycles. The van der Waals surface area contributed by atoms with Gasteiger partial charge >= 0.3 is 0 Å². The van der Waals surface area contributed by atoms with E-state index in [0.717, 1.165) is 31.4 Å². The van der Waals surface area contributed by atoms with E-state index in [1.165, 1.54) is 17.6 Å². The standard InChI is InChI=1S/C27H36N4O3/c1-19-15-31(20(2)18-32)27(33)24-13-23(22-7-5-4-6-8-22)14-29-26(24)34-25(19)17-30(3)16-21-9-11-28-12-10-21/h7,9-14,19-20,25,32H,4-6,8,15-18H2,1-3H3/t19-,20+,25-/m1/s1. The van der Waals surface area contributed by atoms with Gasteiger partial charge in [-0.3, -0.25) is 14.7 Å². The summed E-state index contributed by atoms with van der Waals surface area (Å²) in [4.78, 5) is 26.3.